The largest absolute Gasteiger partial charge is 0.459 e. The molecule has 0 aromatic heterocycles. The van der Waals surface area contributed by atoms with E-state index in [4.69, 9.17) is 4.74 Å². The molecule has 0 saturated carbocycles. The van der Waals surface area contributed by atoms with E-state index in [9.17, 15) is 24.5 Å². The number of hydrogen-bond acceptors (Lipinski definition) is 7. The van der Waals surface area contributed by atoms with Crippen LogP contribution in [0.1, 0.15) is 19.4 Å². The fraction of sp³-hybridized carbons (Fsp3) is 0.250. The summed E-state index contributed by atoms with van der Waals surface area (Å²) in [5.74, 6) is -1.04. The Morgan fingerprint density at radius 1 is 1.33 bits per heavy atom. The van der Waals surface area contributed by atoms with E-state index in [0.717, 1.165) is 0 Å². The van der Waals surface area contributed by atoms with E-state index in [0.29, 0.717) is 16.0 Å². The van der Waals surface area contributed by atoms with Gasteiger partial charge in [-0.3, -0.25) is 19.7 Å². The predicted octanol–water partition coefficient (Wildman–Crippen LogP) is 2.40. The summed E-state index contributed by atoms with van der Waals surface area (Å²) < 4.78 is 5.39. The van der Waals surface area contributed by atoms with Gasteiger partial charge in [0.25, 0.3) is 11.6 Å². The normalized spacial score (nSPS) is 21.3. The van der Waals surface area contributed by atoms with E-state index >= 15 is 0 Å². The van der Waals surface area contributed by atoms with Gasteiger partial charge in [-0.2, -0.15) is 0 Å². The Bertz CT molecular complexity index is 983. The lowest BCUT2D eigenvalue weighted by Crippen LogP contribution is -2.57. The molecule has 9 nitrogen and oxygen atoms in total. The number of nitro groups is 1. The van der Waals surface area contributed by atoms with Crippen molar-refractivity contribution in [2.45, 2.75) is 32.5 Å². The first-order valence-corrected chi connectivity index (χ1v) is 9.90. The molecule has 156 valence electrons. The Hall–Kier alpha value is -3.40. The maximum Gasteiger partial charge on any atom is 0.334 e. The Morgan fingerprint density at radius 2 is 2.03 bits per heavy atom. The van der Waals surface area contributed by atoms with Gasteiger partial charge >= 0.3 is 5.97 Å². The number of β-lactam (4-membered cyclic amide) rings is 1. The summed E-state index contributed by atoms with van der Waals surface area (Å²) in [7, 11) is 0. The van der Waals surface area contributed by atoms with Gasteiger partial charge in [0.2, 0.25) is 5.91 Å². The number of rotatable bonds is 7. The standard InChI is InChI=1S/C20H19N3O6S/c1-3-15-16-10-17(30-9-8-21-12(2)24)18(22(16)19(15)25)20(26)29-11-13-4-6-14(7-5-13)23(27)28/h3-10,16,18H,11H2,1-2H3,(H,21,24)/b9-8+,15-3-/t16-,18-/m1/s1. The molecule has 1 aromatic rings. The number of fused-ring (bicyclic) bond motifs is 1. The number of benzene rings is 1. The molecule has 2 aliphatic rings. The smallest absolute Gasteiger partial charge is 0.334 e. The van der Waals surface area contributed by atoms with Crippen LogP contribution in [0.2, 0.25) is 0 Å². The van der Waals surface area contributed by atoms with Crippen LogP contribution in [-0.4, -0.2) is 39.7 Å². The minimum atomic E-state index is -0.878. The highest BCUT2D eigenvalue weighted by Crippen LogP contribution is 2.42. The SMILES string of the molecule is C/C=C1\C(=O)N2[C@@H](C(=O)OCc3ccc([N+](=O)[O-])cc3)C(S/C=C/NC(C)=O)=C[C@H]12. The van der Waals surface area contributed by atoms with Crippen LogP contribution in [-0.2, 0) is 25.7 Å². The number of nitrogens with one attached hydrogen (secondary N) is 1. The highest BCUT2D eigenvalue weighted by atomic mass is 32.2. The van der Waals surface area contributed by atoms with Gasteiger partial charge < -0.3 is 15.0 Å². The van der Waals surface area contributed by atoms with Crippen molar-refractivity contribution in [3.8, 4) is 0 Å². The minimum absolute atomic E-state index is 0.0543. The third kappa shape index (κ3) is 4.28. The molecule has 0 spiro atoms. The second kappa shape index (κ2) is 8.95. The van der Waals surface area contributed by atoms with Gasteiger partial charge in [0.15, 0.2) is 6.04 Å². The summed E-state index contributed by atoms with van der Waals surface area (Å²) in [6, 6.07) is 4.53. The summed E-state index contributed by atoms with van der Waals surface area (Å²) in [6.45, 7) is 3.07. The van der Waals surface area contributed by atoms with Gasteiger partial charge in [-0.25, -0.2) is 4.79 Å². The molecule has 1 aromatic carbocycles. The summed E-state index contributed by atoms with van der Waals surface area (Å²) in [4.78, 5) is 48.5. The quantitative estimate of drug-likeness (QED) is 0.232. The zero-order valence-electron chi connectivity index (χ0n) is 16.2. The Balaban J connectivity index is 1.70. The minimum Gasteiger partial charge on any atom is -0.459 e. The summed E-state index contributed by atoms with van der Waals surface area (Å²) >= 11 is 1.22. The molecular formula is C20H19N3O6S. The van der Waals surface area contributed by atoms with Crippen LogP contribution in [0.3, 0.4) is 0 Å². The number of nitrogens with zero attached hydrogens (tertiary/aromatic N) is 2. The zero-order chi connectivity index (χ0) is 21.8. The Labute approximate surface area is 176 Å². The summed E-state index contributed by atoms with van der Waals surface area (Å²) in [5.41, 5.74) is 1.15. The second-order valence-electron chi connectivity index (χ2n) is 6.53. The van der Waals surface area contributed by atoms with Crippen molar-refractivity contribution in [3.05, 3.63) is 74.2 Å². The average Bonchev–Trinajstić information content (AvgIpc) is 3.04. The third-order valence-electron chi connectivity index (χ3n) is 4.59. The Morgan fingerprint density at radius 3 is 2.63 bits per heavy atom. The fourth-order valence-electron chi connectivity index (χ4n) is 3.16. The number of esters is 1. The number of non-ortho nitro benzene ring substituents is 1. The molecule has 0 aliphatic carbocycles. The van der Waals surface area contributed by atoms with Crippen LogP contribution < -0.4 is 5.32 Å². The molecule has 30 heavy (non-hydrogen) atoms. The average molecular weight is 429 g/mol. The highest BCUT2D eigenvalue weighted by molar-refractivity contribution is 8.05. The van der Waals surface area contributed by atoms with Gasteiger partial charge in [0, 0.05) is 35.7 Å². The molecule has 0 unspecified atom stereocenters. The monoisotopic (exact) mass is 429 g/mol. The third-order valence-corrected chi connectivity index (χ3v) is 5.49. The second-order valence-corrected chi connectivity index (χ2v) is 7.50. The van der Waals surface area contributed by atoms with Crippen LogP contribution in [0.4, 0.5) is 5.69 Å². The molecule has 1 N–H and O–H groups in total. The van der Waals surface area contributed by atoms with E-state index < -0.39 is 16.9 Å². The number of amides is 2. The van der Waals surface area contributed by atoms with Crippen LogP contribution in [0, 0.1) is 10.1 Å². The van der Waals surface area contributed by atoms with Crippen LogP contribution >= 0.6 is 11.8 Å². The lowest BCUT2D eigenvalue weighted by molar-refractivity contribution is -0.384. The van der Waals surface area contributed by atoms with E-state index in [2.05, 4.69) is 5.32 Å². The fourth-order valence-corrected chi connectivity index (χ4v) is 4.00. The van der Waals surface area contributed by atoms with E-state index in [1.54, 1.807) is 18.4 Å². The van der Waals surface area contributed by atoms with Gasteiger partial charge in [0.05, 0.1) is 11.0 Å². The molecule has 1 fully saturated rings. The number of nitro benzene ring substituents is 1. The van der Waals surface area contributed by atoms with Crippen molar-refractivity contribution < 1.29 is 24.0 Å². The van der Waals surface area contributed by atoms with Gasteiger partial charge in [-0.1, -0.05) is 17.8 Å². The first-order chi connectivity index (χ1) is 14.3. The molecule has 2 heterocycles. The van der Waals surface area contributed by atoms with Crippen molar-refractivity contribution in [2.24, 2.45) is 0 Å². The first kappa shape index (κ1) is 21.3. The van der Waals surface area contributed by atoms with Gasteiger partial charge in [-0.15, -0.1) is 0 Å². The molecule has 2 amide bonds. The highest BCUT2D eigenvalue weighted by Gasteiger charge is 2.53. The molecule has 1 saturated heterocycles. The number of allylic oxidation sites excluding steroid dienone is 1. The number of thioether (sulfide) groups is 1. The lowest BCUT2D eigenvalue weighted by Gasteiger charge is -2.40. The first-order valence-electron chi connectivity index (χ1n) is 9.02. The summed E-state index contributed by atoms with van der Waals surface area (Å²) in [6.07, 6.45) is 5.01. The maximum atomic E-state index is 12.8. The lowest BCUT2D eigenvalue weighted by atomic mass is 9.96. The van der Waals surface area contributed by atoms with E-state index in [1.807, 2.05) is 6.08 Å². The van der Waals surface area contributed by atoms with Gasteiger partial charge in [-0.05, 0) is 36.1 Å². The Kier molecular flexibility index (Phi) is 6.36. The number of hydrogen-bond donors (Lipinski definition) is 1. The molecule has 3 rings (SSSR count). The molecule has 10 heteroatoms. The molecule has 2 aliphatic heterocycles. The molecule has 2 atom stereocenters. The van der Waals surface area contributed by atoms with Crippen molar-refractivity contribution in [1.29, 1.82) is 0 Å². The zero-order valence-corrected chi connectivity index (χ0v) is 17.0. The van der Waals surface area contributed by atoms with Crippen LogP contribution in [0.25, 0.3) is 0 Å². The van der Waals surface area contributed by atoms with E-state index in [1.165, 1.54) is 54.1 Å². The van der Waals surface area contributed by atoms with Crippen molar-refractivity contribution >= 4 is 35.2 Å². The maximum absolute atomic E-state index is 12.8. The van der Waals surface area contributed by atoms with Crippen molar-refractivity contribution in [2.75, 3.05) is 0 Å². The number of carbonyl (C=O) groups is 3. The van der Waals surface area contributed by atoms with Gasteiger partial charge in [0.1, 0.15) is 6.61 Å². The molecular weight excluding hydrogens is 410 g/mol. The number of carbonyl (C=O) groups excluding carboxylic acids is 3. The molecule has 0 bridgehead atoms. The van der Waals surface area contributed by atoms with Crippen molar-refractivity contribution in [3.63, 3.8) is 0 Å². The topological polar surface area (TPSA) is 119 Å². The van der Waals surface area contributed by atoms with Crippen LogP contribution in [0.15, 0.2) is 58.5 Å². The predicted molar refractivity (Wildman–Crippen MR) is 110 cm³/mol. The van der Waals surface area contributed by atoms with E-state index in [-0.39, 0.29) is 30.2 Å². The summed E-state index contributed by atoms with van der Waals surface area (Å²) in [5, 5.41) is 14.9. The molecule has 0 radical (unpaired) electrons. The van der Waals surface area contributed by atoms with Crippen molar-refractivity contribution in [1.82, 2.24) is 10.2 Å². The van der Waals surface area contributed by atoms with Crippen LogP contribution in [0.5, 0.6) is 0 Å². The number of ether oxygens (including phenoxy) is 1.